The molecule has 0 N–H and O–H groups in total. The zero-order valence-electron chi connectivity index (χ0n) is 24.0. The number of carbonyl (C=O) groups excluding carboxylic acids is 2. The largest absolute Gasteiger partial charge is 0.497 e. The van der Waals surface area contributed by atoms with Crippen LogP contribution in [0.25, 0.3) is 22.2 Å². The number of nitrogens with zero attached hydrogens (tertiary/aromatic N) is 2. The van der Waals surface area contributed by atoms with Crippen LogP contribution in [-0.4, -0.2) is 48.6 Å². The number of aromatic nitrogens is 1. The van der Waals surface area contributed by atoms with Gasteiger partial charge < -0.3 is 19.1 Å². The quantitative estimate of drug-likeness (QED) is 0.212. The molecule has 212 valence electrons. The van der Waals surface area contributed by atoms with Crippen molar-refractivity contribution in [2.24, 2.45) is 5.92 Å². The second-order valence-electron chi connectivity index (χ2n) is 10.8. The lowest BCUT2D eigenvalue weighted by atomic mass is 9.97. The van der Waals surface area contributed by atoms with Crippen LogP contribution < -0.4 is 9.47 Å². The number of esters is 1. The van der Waals surface area contributed by atoms with Crippen LogP contribution in [0.2, 0.25) is 0 Å². The predicted molar refractivity (Wildman–Crippen MR) is 159 cm³/mol. The van der Waals surface area contributed by atoms with Gasteiger partial charge in [-0.1, -0.05) is 44.2 Å². The zero-order valence-corrected chi connectivity index (χ0v) is 24.0. The van der Waals surface area contributed by atoms with Crippen LogP contribution in [0.3, 0.4) is 0 Å². The summed E-state index contributed by atoms with van der Waals surface area (Å²) in [5.41, 5.74) is 4.73. The van der Waals surface area contributed by atoms with Gasteiger partial charge in [-0.3, -0.25) is 4.79 Å². The number of hydrogen-bond acceptors (Lipinski definition) is 6. The van der Waals surface area contributed by atoms with Crippen LogP contribution in [0, 0.1) is 5.92 Å². The van der Waals surface area contributed by atoms with Gasteiger partial charge in [-0.05, 0) is 72.9 Å². The van der Waals surface area contributed by atoms with Gasteiger partial charge in [0.25, 0.3) is 0 Å². The minimum atomic E-state index is -0.543. The van der Waals surface area contributed by atoms with Gasteiger partial charge in [0.1, 0.15) is 24.1 Å². The SMILES string of the molecule is COC(=O)C(CC(C)C)N1CCC(c2ccc(OCc3cc(-c4ccc(OC)cc4)nc4ccccc34)cc2)C1=O. The van der Waals surface area contributed by atoms with Crippen molar-refractivity contribution in [3.05, 3.63) is 90.0 Å². The first kappa shape index (κ1) is 28.1. The molecule has 2 heterocycles. The number of likely N-dealkylation sites (tertiary alicyclic amines) is 1. The predicted octanol–water partition coefficient (Wildman–Crippen LogP) is 6.39. The summed E-state index contributed by atoms with van der Waals surface area (Å²) in [7, 11) is 3.03. The van der Waals surface area contributed by atoms with Crippen LogP contribution in [-0.2, 0) is 20.9 Å². The van der Waals surface area contributed by atoms with Crippen LogP contribution in [0.1, 0.15) is 43.7 Å². The van der Waals surface area contributed by atoms with E-state index in [1.165, 1.54) is 7.11 Å². The fourth-order valence-corrected chi connectivity index (χ4v) is 5.49. The molecule has 3 aromatic carbocycles. The minimum Gasteiger partial charge on any atom is -0.497 e. The maximum absolute atomic E-state index is 13.3. The Morgan fingerprint density at radius 1 is 0.976 bits per heavy atom. The highest BCUT2D eigenvalue weighted by molar-refractivity contribution is 5.90. The first-order valence-corrected chi connectivity index (χ1v) is 14.0. The van der Waals surface area contributed by atoms with Gasteiger partial charge in [0, 0.05) is 23.1 Å². The van der Waals surface area contributed by atoms with Crippen molar-refractivity contribution >= 4 is 22.8 Å². The second kappa shape index (κ2) is 12.4. The number of para-hydroxylation sites is 1. The average molecular weight is 553 g/mol. The van der Waals surface area contributed by atoms with E-state index in [9.17, 15) is 9.59 Å². The van der Waals surface area contributed by atoms with E-state index in [4.69, 9.17) is 19.2 Å². The van der Waals surface area contributed by atoms with Crippen molar-refractivity contribution in [3.63, 3.8) is 0 Å². The maximum Gasteiger partial charge on any atom is 0.328 e. The fourth-order valence-electron chi connectivity index (χ4n) is 5.49. The Kier molecular flexibility index (Phi) is 8.53. The first-order chi connectivity index (χ1) is 19.9. The summed E-state index contributed by atoms with van der Waals surface area (Å²) in [6.07, 6.45) is 1.25. The zero-order chi connectivity index (χ0) is 28.9. The highest BCUT2D eigenvalue weighted by Gasteiger charge is 2.40. The van der Waals surface area contributed by atoms with Gasteiger partial charge in [-0.15, -0.1) is 0 Å². The number of benzene rings is 3. The summed E-state index contributed by atoms with van der Waals surface area (Å²) in [5.74, 6) is 1.13. The van der Waals surface area contributed by atoms with E-state index < -0.39 is 6.04 Å². The van der Waals surface area contributed by atoms with E-state index in [-0.39, 0.29) is 23.7 Å². The fraction of sp³-hybridized carbons (Fsp3) is 0.324. The number of carbonyl (C=O) groups is 2. The normalized spacial score (nSPS) is 15.8. The molecule has 7 heteroatoms. The Morgan fingerprint density at radius 3 is 2.37 bits per heavy atom. The molecule has 0 spiro atoms. The molecule has 1 aliphatic heterocycles. The number of fused-ring (bicyclic) bond motifs is 1. The van der Waals surface area contributed by atoms with Crippen molar-refractivity contribution in [2.75, 3.05) is 20.8 Å². The third-order valence-electron chi connectivity index (χ3n) is 7.65. The third-order valence-corrected chi connectivity index (χ3v) is 7.65. The summed E-state index contributed by atoms with van der Waals surface area (Å²) < 4.78 is 16.5. The van der Waals surface area contributed by atoms with Gasteiger partial charge in [-0.25, -0.2) is 9.78 Å². The van der Waals surface area contributed by atoms with Gasteiger partial charge in [0.15, 0.2) is 0 Å². The number of rotatable bonds is 10. The number of ether oxygens (including phenoxy) is 3. The second-order valence-corrected chi connectivity index (χ2v) is 10.8. The molecule has 1 aliphatic rings. The van der Waals surface area contributed by atoms with E-state index in [1.807, 2.05) is 80.6 Å². The molecular formula is C34H36N2O5. The van der Waals surface area contributed by atoms with Crippen LogP contribution in [0.15, 0.2) is 78.9 Å². The molecule has 5 rings (SSSR count). The summed E-state index contributed by atoms with van der Waals surface area (Å²) >= 11 is 0. The van der Waals surface area contributed by atoms with Crippen LogP contribution >= 0.6 is 0 Å². The van der Waals surface area contributed by atoms with Crippen molar-refractivity contribution in [3.8, 4) is 22.8 Å². The highest BCUT2D eigenvalue weighted by Crippen LogP contribution is 2.33. The van der Waals surface area contributed by atoms with Crippen molar-refractivity contribution in [2.45, 2.75) is 45.3 Å². The van der Waals surface area contributed by atoms with Crippen molar-refractivity contribution in [1.82, 2.24) is 9.88 Å². The lowest BCUT2D eigenvalue weighted by Gasteiger charge is -2.27. The molecular weight excluding hydrogens is 516 g/mol. The van der Waals surface area contributed by atoms with E-state index >= 15 is 0 Å². The Balaban J connectivity index is 1.31. The number of methoxy groups -OCH3 is 2. The maximum atomic E-state index is 13.3. The molecule has 4 aromatic rings. The van der Waals surface area contributed by atoms with Gasteiger partial charge in [0.05, 0.1) is 31.3 Å². The molecule has 7 nitrogen and oxygen atoms in total. The average Bonchev–Trinajstić information content (AvgIpc) is 3.38. The Morgan fingerprint density at radius 2 is 1.68 bits per heavy atom. The lowest BCUT2D eigenvalue weighted by Crippen LogP contribution is -2.44. The summed E-state index contributed by atoms with van der Waals surface area (Å²) in [6, 6.07) is 25.1. The molecule has 1 amide bonds. The highest BCUT2D eigenvalue weighted by atomic mass is 16.5. The molecule has 0 aliphatic carbocycles. The molecule has 0 radical (unpaired) electrons. The van der Waals surface area contributed by atoms with E-state index in [0.29, 0.717) is 26.0 Å². The topological polar surface area (TPSA) is 78.0 Å². The summed E-state index contributed by atoms with van der Waals surface area (Å²) in [5, 5.41) is 1.04. The molecule has 41 heavy (non-hydrogen) atoms. The van der Waals surface area contributed by atoms with Gasteiger partial charge >= 0.3 is 5.97 Å². The van der Waals surface area contributed by atoms with Gasteiger partial charge in [0.2, 0.25) is 5.91 Å². The smallest absolute Gasteiger partial charge is 0.328 e. The Hall–Kier alpha value is -4.39. The summed E-state index contributed by atoms with van der Waals surface area (Å²) in [4.78, 5) is 32.3. The van der Waals surface area contributed by atoms with E-state index in [2.05, 4.69) is 12.1 Å². The molecule has 2 atom stereocenters. The first-order valence-electron chi connectivity index (χ1n) is 14.0. The van der Waals surface area contributed by atoms with Crippen molar-refractivity contribution < 1.29 is 23.8 Å². The molecule has 0 bridgehead atoms. The monoisotopic (exact) mass is 552 g/mol. The van der Waals surface area contributed by atoms with Crippen molar-refractivity contribution in [1.29, 1.82) is 0 Å². The summed E-state index contributed by atoms with van der Waals surface area (Å²) in [6.45, 7) is 5.00. The van der Waals surface area contributed by atoms with Crippen LogP contribution in [0.5, 0.6) is 11.5 Å². The third kappa shape index (κ3) is 6.19. The van der Waals surface area contributed by atoms with Gasteiger partial charge in [-0.2, -0.15) is 0 Å². The number of amides is 1. The molecule has 0 saturated carbocycles. The number of pyridine rings is 1. The van der Waals surface area contributed by atoms with E-state index in [0.717, 1.165) is 44.8 Å². The molecule has 1 saturated heterocycles. The Labute approximate surface area is 241 Å². The van der Waals surface area contributed by atoms with E-state index in [1.54, 1.807) is 12.0 Å². The molecule has 1 fully saturated rings. The van der Waals surface area contributed by atoms with Crippen LogP contribution in [0.4, 0.5) is 0 Å². The molecule has 1 aromatic heterocycles. The standard InChI is InChI=1S/C34H36N2O5/c1-22(2)19-32(34(38)40-4)36-18-17-29(33(36)37)23-9-15-27(16-10-23)41-21-25-20-31(24-11-13-26(39-3)14-12-24)35-30-8-6-5-7-28(25)30/h5-16,20,22,29,32H,17-19,21H2,1-4H3. The molecule has 2 unspecified atom stereocenters. The lowest BCUT2D eigenvalue weighted by molar-refractivity contribution is -0.152. The minimum absolute atomic E-state index is 0.0240. The number of hydrogen-bond donors (Lipinski definition) is 0. The Bertz CT molecular complexity index is 1510.